The molecule has 0 bridgehead atoms. The molecule has 7 heteroatoms. The van der Waals surface area contributed by atoms with Crippen molar-refractivity contribution < 1.29 is 23.8 Å². The zero-order valence-corrected chi connectivity index (χ0v) is 24.5. The highest BCUT2D eigenvalue weighted by Gasteiger charge is 2.35. The van der Waals surface area contributed by atoms with E-state index >= 15 is 0 Å². The first kappa shape index (κ1) is 29.3. The van der Waals surface area contributed by atoms with Crippen molar-refractivity contribution in [3.63, 3.8) is 0 Å². The van der Waals surface area contributed by atoms with Crippen LogP contribution in [0, 0.1) is 0 Å². The van der Waals surface area contributed by atoms with Gasteiger partial charge < -0.3 is 19.1 Å². The summed E-state index contributed by atoms with van der Waals surface area (Å²) in [6, 6.07) is 26.5. The van der Waals surface area contributed by atoms with Gasteiger partial charge in [0.15, 0.2) is 0 Å². The van der Waals surface area contributed by atoms with Gasteiger partial charge in [0.05, 0.1) is 31.4 Å². The number of carbonyl (C=O) groups is 2. The Bertz CT molecular complexity index is 1500. The van der Waals surface area contributed by atoms with Crippen LogP contribution in [0.5, 0.6) is 0 Å². The first-order valence-electron chi connectivity index (χ1n) is 14.5. The van der Waals surface area contributed by atoms with Crippen LogP contribution in [0.3, 0.4) is 0 Å². The van der Waals surface area contributed by atoms with Gasteiger partial charge in [-0.05, 0) is 72.9 Å². The zero-order valence-electron chi connectivity index (χ0n) is 24.5. The van der Waals surface area contributed by atoms with E-state index in [2.05, 4.69) is 59.6 Å². The number of nitrogens with zero attached hydrogens (tertiary/aromatic N) is 2. The van der Waals surface area contributed by atoms with E-state index in [4.69, 9.17) is 14.2 Å². The van der Waals surface area contributed by atoms with E-state index < -0.39 is 5.60 Å². The molecule has 1 saturated heterocycles. The Labute approximate surface area is 247 Å². The summed E-state index contributed by atoms with van der Waals surface area (Å²) in [5, 5.41) is 2.37. The molecular formula is C35H38N2O5. The molecule has 1 aliphatic rings. The Morgan fingerprint density at radius 2 is 1.69 bits per heavy atom. The molecular weight excluding hydrogens is 528 g/mol. The highest BCUT2D eigenvalue weighted by atomic mass is 16.6. The Balaban J connectivity index is 1.25. The number of hydrogen-bond acceptors (Lipinski definition) is 6. The lowest BCUT2D eigenvalue weighted by Gasteiger charge is -2.39. The van der Waals surface area contributed by atoms with Crippen LogP contribution in [-0.4, -0.2) is 53.3 Å². The van der Waals surface area contributed by atoms with E-state index in [-0.39, 0.29) is 24.1 Å². The first-order valence-corrected chi connectivity index (χ1v) is 14.5. The molecule has 0 spiro atoms. The maximum absolute atomic E-state index is 12.9. The topological polar surface area (TPSA) is 78.0 Å². The van der Waals surface area contributed by atoms with E-state index in [1.54, 1.807) is 23.2 Å². The summed E-state index contributed by atoms with van der Waals surface area (Å²) in [7, 11) is 0. The van der Waals surface area contributed by atoms with Crippen molar-refractivity contribution in [3.8, 4) is 0 Å². The van der Waals surface area contributed by atoms with E-state index in [0.29, 0.717) is 38.3 Å². The largest absolute Gasteiger partial charge is 0.462 e. The summed E-state index contributed by atoms with van der Waals surface area (Å²) in [5.74, 6) is -0.246. The number of esters is 1. The van der Waals surface area contributed by atoms with Crippen molar-refractivity contribution >= 4 is 22.8 Å². The minimum Gasteiger partial charge on any atom is -0.462 e. The van der Waals surface area contributed by atoms with Gasteiger partial charge in [0.1, 0.15) is 5.60 Å². The summed E-state index contributed by atoms with van der Waals surface area (Å²) in [5.41, 5.74) is 3.23. The molecule has 218 valence electrons. The van der Waals surface area contributed by atoms with Crippen LogP contribution < -0.4 is 0 Å². The standard InChI is InChI=1S/C35H38N2O5/c1-35(2,3)42-34(39)37-19-16-31(32(23-37)41-24-26-12-13-27-7-4-5-8-29(27)21-26)28-14-10-25(11-15-28)17-20-40-33(38)30-9-6-18-36-22-30/h4-15,18,21-22,31-32H,16-17,19-20,23-24H2,1-3H3. The minimum atomic E-state index is -0.558. The van der Waals surface area contributed by atoms with Crippen LogP contribution in [0.2, 0.25) is 0 Å². The van der Waals surface area contributed by atoms with Crippen LogP contribution in [-0.2, 0) is 27.2 Å². The number of pyridine rings is 1. The number of benzene rings is 3. The van der Waals surface area contributed by atoms with E-state index in [1.807, 2.05) is 32.9 Å². The molecule has 0 radical (unpaired) electrons. The molecule has 1 amide bonds. The Kier molecular flexibility index (Phi) is 9.18. The fourth-order valence-corrected chi connectivity index (χ4v) is 5.25. The van der Waals surface area contributed by atoms with Crippen molar-refractivity contribution in [2.75, 3.05) is 19.7 Å². The molecule has 0 aliphatic carbocycles. The second-order valence-corrected chi connectivity index (χ2v) is 11.7. The van der Waals surface area contributed by atoms with Gasteiger partial charge in [-0.3, -0.25) is 4.98 Å². The lowest BCUT2D eigenvalue weighted by molar-refractivity contribution is -0.0359. The summed E-state index contributed by atoms with van der Waals surface area (Å²) >= 11 is 0. The van der Waals surface area contributed by atoms with Crippen molar-refractivity contribution in [1.82, 2.24) is 9.88 Å². The third kappa shape index (κ3) is 7.74. The van der Waals surface area contributed by atoms with Crippen molar-refractivity contribution in [2.24, 2.45) is 0 Å². The number of likely N-dealkylation sites (tertiary alicyclic amines) is 1. The van der Waals surface area contributed by atoms with Gasteiger partial charge in [0.2, 0.25) is 0 Å². The average molecular weight is 567 g/mol. The fourth-order valence-electron chi connectivity index (χ4n) is 5.25. The molecule has 42 heavy (non-hydrogen) atoms. The molecule has 1 aromatic heterocycles. The lowest BCUT2D eigenvalue weighted by atomic mass is 9.86. The quantitative estimate of drug-likeness (QED) is 0.215. The van der Waals surface area contributed by atoms with Crippen LogP contribution in [0.4, 0.5) is 4.79 Å². The number of fused-ring (bicyclic) bond motifs is 1. The number of carbonyl (C=O) groups excluding carboxylic acids is 2. The Hall–Kier alpha value is -4.23. The zero-order chi connectivity index (χ0) is 29.5. The molecule has 0 saturated carbocycles. The van der Waals surface area contributed by atoms with Gasteiger partial charge in [-0.25, -0.2) is 9.59 Å². The van der Waals surface area contributed by atoms with Gasteiger partial charge in [-0.1, -0.05) is 60.7 Å². The SMILES string of the molecule is CC(C)(C)OC(=O)N1CCC(c2ccc(CCOC(=O)c3cccnc3)cc2)C(OCc2ccc3ccccc3c2)C1. The smallest absolute Gasteiger partial charge is 0.410 e. The minimum absolute atomic E-state index is 0.126. The van der Waals surface area contributed by atoms with Crippen LogP contribution >= 0.6 is 0 Å². The highest BCUT2D eigenvalue weighted by Crippen LogP contribution is 2.32. The van der Waals surface area contributed by atoms with E-state index in [0.717, 1.165) is 17.5 Å². The van der Waals surface area contributed by atoms with Crippen LogP contribution in [0.15, 0.2) is 91.3 Å². The number of aromatic nitrogens is 1. The average Bonchev–Trinajstić information content (AvgIpc) is 2.99. The predicted octanol–water partition coefficient (Wildman–Crippen LogP) is 6.94. The summed E-state index contributed by atoms with van der Waals surface area (Å²) in [6.07, 6.45) is 4.01. The highest BCUT2D eigenvalue weighted by molar-refractivity contribution is 5.88. The van der Waals surface area contributed by atoms with Gasteiger partial charge in [0.25, 0.3) is 0 Å². The van der Waals surface area contributed by atoms with Crippen LogP contribution in [0.1, 0.15) is 60.2 Å². The summed E-state index contributed by atoms with van der Waals surface area (Å²) in [6.45, 7) is 7.44. The fraction of sp³-hybridized carbons (Fsp3) is 0.343. The Morgan fingerprint density at radius 1 is 0.929 bits per heavy atom. The van der Waals surface area contributed by atoms with Gasteiger partial charge in [-0.2, -0.15) is 0 Å². The molecule has 3 aromatic carbocycles. The van der Waals surface area contributed by atoms with Crippen LogP contribution in [0.25, 0.3) is 10.8 Å². The van der Waals surface area contributed by atoms with Gasteiger partial charge in [-0.15, -0.1) is 0 Å². The number of amides is 1. The second-order valence-electron chi connectivity index (χ2n) is 11.7. The van der Waals surface area contributed by atoms with Crippen molar-refractivity contribution in [3.05, 3.63) is 114 Å². The van der Waals surface area contributed by atoms with E-state index in [1.165, 1.54) is 22.5 Å². The second kappa shape index (κ2) is 13.2. The molecule has 7 nitrogen and oxygen atoms in total. The molecule has 5 rings (SSSR count). The number of piperidine rings is 1. The molecule has 0 N–H and O–H groups in total. The number of hydrogen-bond donors (Lipinski definition) is 0. The maximum atomic E-state index is 12.9. The molecule has 2 atom stereocenters. The normalized spacial score (nSPS) is 17.2. The molecule has 1 fully saturated rings. The third-order valence-corrected chi connectivity index (χ3v) is 7.42. The number of ether oxygens (including phenoxy) is 3. The Morgan fingerprint density at radius 3 is 2.43 bits per heavy atom. The lowest BCUT2D eigenvalue weighted by Crippen LogP contribution is -2.48. The predicted molar refractivity (Wildman–Crippen MR) is 162 cm³/mol. The summed E-state index contributed by atoms with van der Waals surface area (Å²) in [4.78, 5) is 30.8. The van der Waals surface area contributed by atoms with Gasteiger partial charge >= 0.3 is 12.1 Å². The molecule has 1 aliphatic heterocycles. The molecule has 2 unspecified atom stereocenters. The first-order chi connectivity index (χ1) is 20.2. The van der Waals surface area contributed by atoms with E-state index in [9.17, 15) is 9.59 Å². The monoisotopic (exact) mass is 566 g/mol. The molecule has 4 aromatic rings. The van der Waals surface area contributed by atoms with Gasteiger partial charge in [0, 0.05) is 31.3 Å². The summed E-state index contributed by atoms with van der Waals surface area (Å²) < 4.78 is 17.6. The van der Waals surface area contributed by atoms with Crippen molar-refractivity contribution in [1.29, 1.82) is 0 Å². The molecule has 2 heterocycles. The third-order valence-electron chi connectivity index (χ3n) is 7.42. The van der Waals surface area contributed by atoms with Crippen molar-refractivity contribution in [2.45, 2.75) is 57.8 Å². The maximum Gasteiger partial charge on any atom is 0.410 e. The number of rotatable bonds is 8.